The lowest BCUT2D eigenvalue weighted by molar-refractivity contribution is -0.122. The predicted molar refractivity (Wildman–Crippen MR) is 82.7 cm³/mol. The van der Waals surface area contributed by atoms with E-state index in [0.717, 1.165) is 25.1 Å². The van der Waals surface area contributed by atoms with E-state index >= 15 is 0 Å². The Bertz CT molecular complexity index is 639. The number of anilines is 1. The van der Waals surface area contributed by atoms with E-state index in [1.807, 2.05) is 11.0 Å². The number of nitrogens with zero attached hydrogens (tertiary/aromatic N) is 3. The van der Waals surface area contributed by atoms with Gasteiger partial charge in [-0.15, -0.1) is 0 Å². The van der Waals surface area contributed by atoms with Crippen LogP contribution in [-0.4, -0.2) is 28.5 Å². The molecule has 0 bridgehead atoms. The Kier molecular flexibility index (Phi) is 4.29. The number of rotatable bonds is 4. The van der Waals surface area contributed by atoms with Crippen LogP contribution in [0, 0.1) is 6.92 Å². The van der Waals surface area contributed by atoms with Crippen LogP contribution < -0.4 is 10.2 Å². The highest BCUT2D eigenvalue weighted by atomic mass is 35.5. The molecule has 0 saturated carbocycles. The molecule has 1 aliphatic rings. The molecule has 6 nitrogen and oxygen atoms in total. The van der Waals surface area contributed by atoms with E-state index in [9.17, 15) is 4.79 Å². The Hall–Kier alpha value is -2.08. The van der Waals surface area contributed by atoms with E-state index in [1.54, 1.807) is 25.3 Å². The number of aryl methyl sites for hydroxylation is 1. The van der Waals surface area contributed by atoms with Crippen molar-refractivity contribution in [2.24, 2.45) is 0 Å². The molecule has 0 aliphatic carbocycles. The lowest BCUT2D eigenvalue weighted by atomic mass is 10.2. The fraction of sp³-hybridized carbons (Fsp3) is 0.400. The first kappa shape index (κ1) is 14.8. The van der Waals surface area contributed by atoms with Crippen LogP contribution in [-0.2, 0) is 11.3 Å². The van der Waals surface area contributed by atoms with Crippen LogP contribution in [0.25, 0.3) is 0 Å². The van der Waals surface area contributed by atoms with Gasteiger partial charge in [-0.2, -0.15) is 0 Å². The molecule has 1 atom stereocenters. The van der Waals surface area contributed by atoms with Crippen molar-refractivity contribution in [2.45, 2.75) is 32.4 Å². The molecule has 0 unspecified atom stereocenters. The number of hydrogen-bond donors (Lipinski definition) is 1. The lowest BCUT2D eigenvalue weighted by Crippen LogP contribution is -2.43. The first-order valence-corrected chi connectivity index (χ1v) is 7.59. The number of carbonyl (C=O) groups is 1. The molecule has 22 heavy (non-hydrogen) atoms. The second-order valence-electron chi connectivity index (χ2n) is 5.24. The van der Waals surface area contributed by atoms with Crippen molar-refractivity contribution < 1.29 is 9.21 Å². The average Bonchev–Trinajstić information content (AvgIpc) is 3.15. The summed E-state index contributed by atoms with van der Waals surface area (Å²) in [5.74, 6) is 2.01. The van der Waals surface area contributed by atoms with Gasteiger partial charge in [0.05, 0.1) is 12.8 Å². The van der Waals surface area contributed by atoms with Gasteiger partial charge in [0.25, 0.3) is 0 Å². The third-order valence-electron chi connectivity index (χ3n) is 3.66. The number of amides is 1. The Morgan fingerprint density at radius 2 is 2.41 bits per heavy atom. The van der Waals surface area contributed by atoms with Gasteiger partial charge in [0.2, 0.25) is 5.91 Å². The van der Waals surface area contributed by atoms with Gasteiger partial charge in [0.1, 0.15) is 28.6 Å². The zero-order valence-electron chi connectivity index (χ0n) is 12.3. The van der Waals surface area contributed by atoms with Crippen molar-refractivity contribution in [1.82, 2.24) is 15.3 Å². The van der Waals surface area contributed by atoms with Gasteiger partial charge < -0.3 is 14.6 Å². The maximum absolute atomic E-state index is 12.4. The van der Waals surface area contributed by atoms with Crippen molar-refractivity contribution in [3.05, 3.63) is 41.2 Å². The SMILES string of the molecule is Cc1nc(Cl)cc(N2CCC[C@@H]2C(=O)NCc2ccco2)n1. The summed E-state index contributed by atoms with van der Waals surface area (Å²) in [5.41, 5.74) is 0. The summed E-state index contributed by atoms with van der Waals surface area (Å²) >= 11 is 5.99. The summed E-state index contributed by atoms with van der Waals surface area (Å²) in [6, 6.07) is 5.10. The first-order chi connectivity index (χ1) is 10.6. The molecule has 1 saturated heterocycles. The van der Waals surface area contributed by atoms with Gasteiger partial charge in [-0.05, 0) is 31.9 Å². The van der Waals surface area contributed by atoms with Gasteiger partial charge in [0, 0.05) is 12.6 Å². The number of aromatic nitrogens is 2. The fourth-order valence-electron chi connectivity index (χ4n) is 2.68. The molecule has 0 spiro atoms. The number of hydrogen-bond acceptors (Lipinski definition) is 5. The van der Waals surface area contributed by atoms with Crippen molar-refractivity contribution in [1.29, 1.82) is 0 Å². The minimum Gasteiger partial charge on any atom is -0.467 e. The second-order valence-corrected chi connectivity index (χ2v) is 5.63. The van der Waals surface area contributed by atoms with Crippen molar-refractivity contribution in [2.75, 3.05) is 11.4 Å². The predicted octanol–water partition coefficient (Wildman–Crippen LogP) is 2.32. The summed E-state index contributed by atoms with van der Waals surface area (Å²) in [4.78, 5) is 22.9. The van der Waals surface area contributed by atoms with Crippen molar-refractivity contribution in [3.8, 4) is 0 Å². The van der Waals surface area contributed by atoms with Gasteiger partial charge in [-0.25, -0.2) is 9.97 Å². The summed E-state index contributed by atoms with van der Waals surface area (Å²) < 4.78 is 5.22. The van der Waals surface area contributed by atoms with Gasteiger partial charge in [-0.3, -0.25) is 4.79 Å². The number of halogens is 1. The largest absolute Gasteiger partial charge is 0.467 e. The molecule has 116 valence electrons. The topological polar surface area (TPSA) is 71.3 Å². The number of furan rings is 1. The van der Waals surface area contributed by atoms with Crippen LogP contribution in [0.3, 0.4) is 0 Å². The van der Waals surface area contributed by atoms with Gasteiger partial charge >= 0.3 is 0 Å². The van der Waals surface area contributed by atoms with Crippen LogP contribution in [0.5, 0.6) is 0 Å². The van der Waals surface area contributed by atoms with Crippen molar-refractivity contribution in [3.63, 3.8) is 0 Å². The summed E-state index contributed by atoms with van der Waals surface area (Å²) in [6.45, 7) is 2.96. The zero-order chi connectivity index (χ0) is 15.5. The maximum Gasteiger partial charge on any atom is 0.243 e. The van der Waals surface area contributed by atoms with Gasteiger partial charge in [-0.1, -0.05) is 11.6 Å². The highest BCUT2D eigenvalue weighted by molar-refractivity contribution is 6.29. The minimum absolute atomic E-state index is 0.0266. The van der Waals surface area contributed by atoms with Crippen LogP contribution in [0.2, 0.25) is 5.15 Å². The summed E-state index contributed by atoms with van der Waals surface area (Å²) in [5, 5.41) is 3.30. The van der Waals surface area contributed by atoms with Crippen LogP contribution >= 0.6 is 11.6 Å². The standard InChI is InChI=1S/C15H17ClN4O2/c1-10-18-13(16)8-14(19-10)20-6-2-5-12(20)15(21)17-9-11-4-3-7-22-11/h3-4,7-8,12H,2,5-6,9H2,1H3,(H,17,21)/t12-/m1/s1. The Morgan fingerprint density at radius 1 is 1.55 bits per heavy atom. The molecule has 7 heteroatoms. The summed E-state index contributed by atoms with van der Waals surface area (Å²) in [7, 11) is 0. The third-order valence-corrected chi connectivity index (χ3v) is 3.85. The quantitative estimate of drug-likeness (QED) is 0.875. The number of carbonyl (C=O) groups excluding carboxylic acids is 1. The summed E-state index contributed by atoms with van der Waals surface area (Å²) in [6.07, 6.45) is 3.33. The first-order valence-electron chi connectivity index (χ1n) is 7.21. The Labute approximate surface area is 133 Å². The Balaban J connectivity index is 1.70. The van der Waals surface area contributed by atoms with E-state index < -0.39 is 0 Å². The average molecular weight is 321 g/mol. The van der Waals surface area contributed by atoms with E-state index in [4.69, 9.17) is 16.0 Å². The molecule has 0 radical (unpaired) electrons. The zero-order valence-corrected chi connectivity index (χ0v) is 13.0. The fourth-order valence-corrected chi connectivity index (χ4v) is 2.90. The van der Waals surface area contributed by atoms with Crippen LogP contribution in [0.4, 0.5) is 5.82 Å². The highest BCUT2D eigenvalue weighted by Gasteiger charge is 2.31. The van der Waals surface area contributed by atoms with Crippen molar-refractivity contribution >= 4 is 23.3 Å². The normalized spacial score (nSPS) is 17.7. The van der Waals surface area contributed by atoms with E-state index in [2.05, 4.69) is 15.3 Å². The molecule has 2 aromatic heterocycles. The molecule has 1 fully saturated rings. The number of nitrogens with one attached hydrogen (secondary N) is 1. The molecule has 1 N–H and O–H groups in total. The molecular weight excluding hydrogens is 304 g/mol. The van der Waals surface area contributed by atoms with Crippen LogP contribution in [0.1, 0.15) is 24.4 Å². The van der Waals surface area contributed by atoms with Gasteiger partial charge in [0.15, 0.2) is 0 Å². The lowest BCUT2D eigenvalue weighted by Gasteiger charge is -2.25. The molecule has 1 aliphatic heterocycles. The highest BCUT2D eigenvalue weighted by Crippen LogP contribution is 2.25. The molecule has 1 amide bonds. The van der Waals surface area contributed by atoms with E-state index in [1.165, 1.54) is 0 Å². The smallest absolute Gasteiger partial charge is 0.243 e. The Morgan fingerprint density at radius 3 is 3.14 bits per heavy atom. The van der Waals surface area contributed by atoms with Crippen LogP contribution in [0.15, 0.2) is 28.9 Å². The van der Waals surface area contributed by atoms with E-state index in [-0.39, 0.29) is 11.9 Å². The van der Waals surface area contributed by atoms with E-state index in [0.29, 0.717) is 23.3 Å². The molecular formula is C15H17ClN4O2. The molecule has 3 heterocycles. The molecule has 3 rings (SSSR count). The third kappa shape index (κ3) is 3.22. The monoisotopic (exact) mass is 320 g/mol. The molecule has 2 aromatic rings. The maximum atomic E-state index is 12.4. The second kappa shape index (κ2) is 6.36. The molecule has 0 aromatic carbocycles. The minimum atomic E-state index is -0.236.